The summed E-state index contributed by atoms with van der Waals surface area (Å²) in [5, 5.41) is 31.3. The number of ether oxygens (including phenoxy) is 1. The summed E-state index contributed by atoms with van der Waals surface area (Å²) in [5.74, 6) is 0.134. The summed E-state index contributed by atoms with van der Waals surface area (Å²) in [6.45, 7) is 8.03. The minimum Gasteiger partial charge on any atom is -0.384 e. The lowest BCUT2D eigenvalue weighted by atomic mass is 9.88. The van der Waals surface area contributed by atoms with Crippen LogP contribution in [0.5, 0.6) is 0 Å². The Bertz CT molecular complexity index is 2820. The number of sulfonamides is 1. The molecule has 0 aliphatic carbocycles. The average Bonchev–Trinajstić information content (AvgIpc) is 4.04. The number of aromatic nitrogens is 6. The number of rotatable bonds is 9. The number of methoxy groups -OCH3 is 1. The van der Waals surface area contributed by atoms with Gasteiger partial charge in [-0.25, -0.2) is 17.9 Å². The Balaban J connectivity index is 0.000000144. The Morgan fingerprint density at radius 3 is 1.73 bits per heavy atom. The van der Waals surface area contributed by atoms with E-state index in [-0.39, 0.29) is 24.2 Å². The second-order valence-electron chi connectivity index (χ2n) is 16.8. The van der Waals surface area contributed by atoms with E-state index in [0.29, 0.717) is 53.7 Å². The lowest BCUT2D eigenvalue weighted by Crippen LogP contribution is -2.62. The van der Waals surface area contributed by atoms with E-state index < -0.39 is 25.8 Å². The Kier molecular flexibility index (Phi) is 14.7. The van der Waals surface area contributed by atoms with Crippen LogP contribution in [-0.2, 0) is 29.8 Å². The van der Waals surface area contributed by atoms with Gasteiger partial charge in [0.15, 0.2) is 0 Å². The van der Waals surface area contributed by atoms with Crippen LogP contribution >= 0.6 is 34.8 Å². The largest absolute Gasteiger partial charge is 0.384 e. The molecule has 3 aromatic heterocycles. The van der Waals surface area contributed by atoms with Crippen molar-refractivity contribution in [3.05, 3.63) is 75.6 Å². The van der Waals surface area contributed by atoms with Crippen LogP contribution in [0.2, 0.25) is 15.1 Å². The first-order valence-corrected chi connectivity index (χ1v) is 25.0. The Morgan fingerprint density at radius 2 is 1.23 bits per heavy atom. The maximum atomic E-state index is 12.2. The average molecular weight is 980 g/mol. The maximum absolute atomic E-state index is 12.2. The van der Waals surface area contributed by atoms with E-state index >= 15 is 0 Å². The minimum atomic E-state index is -3.72. The van der Waals surface area contributed by atoms with Crippen LogP contribution in [0.4, 0.5) is 11.4 Å². The molecular formula is C41H53Cl3N12O6S2. The monoisotopic (exact) mass is 978 g/mol. The second-order valence-corrected chi connectivity index (χ2v) is 21.7. The molecule has 0 atom stereocenters. The molecule has 64 heavy (non-hydrogen) atoms. The van der Waals surface area contributed by atoms with E-state index in [1.165, 1.54) is 11.4 Å². The Morgan fingerprint density at radius 1 is 0.734 bits per heavy atom. The van der Waals surface area contributed by atoms with Gasteiger partial charge in [-0.2, -0.15) is 28.0 Å². The minimum absolute atomic E-state index is 0.00438. The molecule has 3 aliphatic rings. The number of halogens is 3. The summed E-state index contributed by atoms with van der Waals surface area (Å²) in [7, 11) is -5.43. The van der Waals surface area contributed by atoms with Gasteiger partial charge < -0.3 is 20.3 Å². The SMILES string of the molecule is CC1(C)CN(c2cc(Cl)cc3[nH]ncc23)CCN1S(N)(=O)=O.COCCS(=O)(=O)N1CCC(c2cc(Cl)cc3[nH]ncc23)CC1.NC(=O)C1CCN(c2cc(Cl)cc3[nH]ncc23)CC1. The zero-order valence-corrected chi connectivity index (χ0v) is 39.6. The van der Waals surface area contributed by atoms with Gasteiger partial charge in [0.1, 0.15) is 0 Å². The number of piperidine rings is 2. The van der Waals surface area contributed by atoms with Gasteiger partial charge in [0.25, 0.3) is 10.2 Å². The highest BCUT2D eigenvalue weighted by molar-refractivity contribution is 7.89. The molecule has 3 aromatic carbocycles. The highest BCUT2D eigenvalue weighted by atomic mass is 35.5. The maximum Gasteiger partial charge on any atom is 0.277 e. The number of fused-ring (bicyclic) bond motifs is 3. The van der Waals surface area contributed by atoms with E-state index in [1.807, 2.05) is 56.4 Å². The summed E-state index contributed by atoms with van der Waals surface area (Å²) in [5.41, 5.74) is 10.6. The molecular weight excluding hydrogens is 927 g/mol. The van der Waals surface area contributed by atoms with Gasteiger partial charge in [-0.3, -0.25) is 20.1 Å². The fraction of sp³-hybridized carbons (Fsp3) is 0.463. The van der Waals surface area contributed by atoms with Crippen molar-refractivity contribution >= 4 is 105 Å². The number of primary amides is 1. The first-order chi connectivity index (χ1) is 30.3. The van der Waals surface area contributed by atoms with Crippen molar-refractivity contribution in [1.82, 2.24) is 39.2 Å². The van der Waals surface area contributed by atoms with Crippen LogP contribution in [0.15, 0.2) is 55.0 Å². The smallest absolute Gasteiger partial charge is 0.277 e. The third-order valence-electron chi connectivity index (χ3n) is 12.1. The topological polar surface area (TPSA) is 246 Å². The molecule has 18 nitrogen and oxygen atoms in total. The van der Waals surface area contributed by atoms with Gasteiger partial charge in [0.05, 0.1) is 47.5 Å². The number of anilines is 2. The predicted octanol–water partition coefficient (Wildman–Crippen LogP) is 5.61. The van der Waals surface area contributed by atoms with Gasteiger partial charge in [0, 0.05) is 107 Å². The number of nitrogens with one attached hydrogen (secondary N) is 3. The van der Waals surface area contributed by atoms with E-state index in [1.54, 1.807) is 16.7 Å². The fourth-order valence-electron chi connectivity index (χ4n) is 8.88. The Labute approximate surface area is 387 Å². The molecule has 0 bridgehead atoms. The number of aromatic amines is 3. The van der Waals surface area contributed by atoms with Gasteiger partial charge in [-0.15, -0.1) is 0 Å². The van der Waals surface area contributed by atoms with Crippen molar-refractivity contribution in [3.8, 4) is 0 Å². The zero-order valence-electron chi connectivity index (χ0n) is 35.7. The van der Waals surface area contributed by atoms with Gasteiger partial charge in [-0.05, 0) is 87.4 Å². The number of nitrogens with zero attached hydrogens (tertiary/aromatic N) is 7. The van der Waals surface area contributed by atoms with Crippen LogP contribution in [-0.4, -0.2) is 133 Å². The van der Waals surface area contributed by atoms with Crippen LogP contribution in [0.1, 0.15) is 51.0 Å². The molecule has 0 saturated carbocycles. The first kappa shape index (κ1) is 47.7. The summed E-state index contributed by atoms with van der Waals surface area (Å²) in [4.78, 5) is 15.5. The van der Waals surface area contributed by atoms with Crippen molar-refractivity contribution in [2.45, 2.75) is 51.0 Å². The number of H-pyrrole nitrogens is 3. The fourth-order valence-corrected chi connectivity index (χ4v) is 12.0. The van der Waals surface area contributed by atoms with Gasteiger partial charge in [-0.1, -0.05) is 34.8 Å². The molecule has 23 heteroatoms. The molecule has 3 aliphatic heterocycles. The molecule has 346 valence electrons. The number of piperazine rings is 1. The summed E-state index contributed by atoms with van der Waals surface area (Å²) in [6.07, 6.45) is 8.52. The van der Waals surface area contributed by atoms with Crippen molar-refractivity contribution < 1.29 is 26.4 Å². The molecule has 0 unspecified atom stereocenters. The number of benzene rings is 3. The number of carbonyl (C=O) groups is 1. The van der Waals surface area contributed by atoms with Gasteiger partial charge >= 0.3 is 0 Å². The zero-order chi connectivity index (χ0) is 46.0. The summed E-state index contributed by atoms with van der Waals surface area (Å²) in [6, 6.07) is 11.3. The van der Waals surface area contributed by atoms with Crippen molar-refractivity contribution in [3.63, 3.8) is 0 Å². The lowest BCUT2D eigenvalue weighted by Gasteiger charge is -2.46. The summed E-state index contributed by atoms with van der Waals surface area (Å²) < 4.78 is 55.7. The van der Waals surface area contributed by atoms with Crippen LogP contribution in [0, 0.1) is 5.92 Å². The molecule has 7 N–H and O–H groups in total. The number of nitrogens with two attached hydrogens (primary N) is 2. The molecule has 0 spiro atoms. The highest BCUT2D eigenvalue weighted by Gasteiger charge is 2.40. The van der Waals surface area contributed by atoms with Crippen LogP contribution < -0.4 is 20.7 Å². The third-order valence-corrected chi connectivity index (χ3v) is 15.9. The highest BCUT2D eigenvalue weighted by Crippen LogP contribution is 2.37. The van der Waals surface area contributed by atoms with E-state index in [9.17, 15) is 21.6 Å². The lowest BCUT2D eigenvalue weighted by molar-refractivity contribution is -0.122. The predicted molar refractivity (Wildman–Crippen MR) is 253 cm³/mol. The number of hydrogen-bond donors (Lipinski definition) is 5. The Hall–Kier alpha value is -4.25. The number of carbonyl (C=O) groups excluding carboxylic acids is 1. The van der Waals surface area contributed by atoms with Crippen LogP contribution in [0.3, 0.4) is 0 Å². The van der Waals surface area contributed by atoms with Crippen molar-refractivity contribution in [2.24, 2.45) is 16.8 Å². The van der Waals surface area contributed by atoms with E-state index in [0.717, 1.165) is 88.4 Å². The first-order valence-electron chi connectivity index (χ1n) is 20.8. The molecule has 9 rings (SSSR count). The van der Waals surface area contributed by atoms with E-state index in [2.05, 4.69) is 40.4 Å². The molecule has 6 heterocycles. The van der Waals surface area contributed by atoms with Crippen LogP contribution in [0.25, 0.3) is 32.7 Å². The molecule has 0 radical (unpaired) electrons. The summed E-state index contributed by atoms with van der Waals surface area (Å²) >= 11 is 18.5. The van der Waals surface area contributed by atoms with E-state index in [4.69, 9.17) is 50.4 Å². The molecule has 3 saturated heterocycles. The van der Waals surface area contributed by atoms with Gasteiger partial charge in [0.2, 0.25) is 15.9 Å². The van der Waals surface area contributed by atoms with Crippen molar-refractivity contribution in [1.29, 1.82) is 0 Å². The second kappa shape index (κ2) is 19.7. The number of amides is 1. The molecule has 3 fully saturated rings. The standard InChI is InChI=1S/C15H20ClN3O3S.C13H18ClN5O2S.C13H15ClN4O/c1-22-6-7-23(20,21)19-4-2-11(3-5-19)13-8-12(16)9-15-14(13)10-17-18-15;1-13(2)8-18(3-4-19(13)22(15,20)21)12-6-9(14)5-11-10(12)7-16-17-11;14-9-5-11-10(7-16-17-11)12(6-9)18-3-1-8(2-4-18)13(15)19/h8-11H,2-7H2,1H3,(H,17,18);5-7H,3-4,8H2,1-2H3,(H,16,17)(H2,15,20,21);5-8H,1-4H2,(H2,15,19)(H,16,17). The molecule has 1 amide bonds. The number of hydrogen-bond acceptors (Lipinski definition) is 11. The molecule has 6 aromatic rings. The quantitative estimate of drug-likeness (QED) is 0.119. The normalized spacial score (nSPS) is 18.2. The van der Waals surface area contributed by atoms with Crippen molar-refractivity contribution in [2.75, 3.05) is 75.1 Å². The third kappa shape index (κ3) is 10.9.